The zero-order valence-corrected chi connectivity index (χ0v) is 26.6. The summed E-state index contributed by atoms with van der Waals surface area (Å²) in [6, 6.07) is 49.7. The number of furan rings is 1. The van der Waals surface area contributed by atoms with E-state index in [0.717, 1.165) is 66.8 Å². The Labute approximate surface area is 283 Å². The van der Waals surface area contributed by atoms with Crippen molar-refractivity contribution in [1.29, 1.82) is 0 Å². The third kappa shape index (κ3) is 4.55. The van der Waals surface area contributed by atoms with Gasteiger partial charge in [0.25, 0.3) is 0 Å². The summed E-state index contributed by atoms with van der Waals surface area (Å²) in [5, 5.41) is 4.69. The molecule has 0 bridgehead atoms. The van der Waals surface area contributed by atoms with E-state index < -0.39 is 0 Å². The van der Waals surface area contributed by atoms with Crippen LogP contribution in [0.5, 0.6) is 0 Å². The highest BCUT2D eigenvalue weighted by molar-refractivity contribution is 6.18. The van der Waals surface area contributed by atoms with E-state index in [1.165, 1.54) is 21.9 Å². The van der Waals surface area contributed by atoms with Gasteiger partial charge in [0, 0.05) is 50.4 Å². The van der Waals surface area contributed by atoms with Crippen molar-refractivity contribution >= 4 is 60.7 Å². The predicted molar refractivity (Wildman–Crippen MR) is 205 cm³/mol. The zero-order chi connectivity index (χ0) is 32.3. The van der Waals surface area contributed by atoms with Crippen molar-refractivity contribution in [2.24, 2.45) is 10.9 Å². The number of hydrogen-bond donors (Lipinski definition) is 0. The molecule has 1 unspecified atom stereocenters. The van der Waals surface area contributed by atoms with Gasteiger partial charge in [-0.05, 0) is 65.2 Å². The fourth-order valence-corrected chi connectivity index (χ4v) is 7.48. The number of rotatable bonds is 4. The van der Waals surface area contributed by atoms with E-state index in [2.05, 4.69) is 168 Å². The molecule has 2 aromatic heterocycles. The highest BCUT2D eigenvalue weighted by atomic mass is 16.3. The first kappa shape index (κ1) is 27.6. The minimum atomic E-state index is 0.160. The molecule has 0 N–H and O–H groups in total. The van der Waals surface area contributed by atoms with Crippen LogP contribution in [-0.4, -0.2) is 10.3 Å². The normalized spacial score (nSPS) is 15.8. The van der Waals surface area contributed by atoms with Crippen LogP contribution in [0.1, 0.15) is 11.1 Å². The van der Waals surface area contributed by atoms with Gasteiger partial charge < -0.3 is 8.98 Å². The molecule has 0 saturated carbocycles. The topological polar surface area (TPSA) is 30.4 Å². The summed E-state index contributed by atoms with van der Waals surface area (Å²) in [7, 11) is 0. The maximum Gasteiger partial charge on any atom is 0.137 e. The number of nitrogens with zero attached hydrogens (tertiary/aromatic N) is 2. The summed E-state index contributed by atoms with van der Waals surface area (Å²) in [6.07, 6.45) is 13.0. The molecule has 0 radical (unpaired) electrons. The Hall–Kier alpha value is -6.45. The molecule has 3 nitrogen and oxygen atoms in total. The molecular formula is C46H30N2O. The van der Waals surface area contributed by atoms with Crippen LogP contribution in [0.4, 0.5) is 0 Å². The van der Waals surface area contributed by atoms with E-state index in [1.54, 1.807) is 0 Å². The van der Waals surface area contributed by atoms with Crippen LogP contribution in [0.25, 0.3) is 71.8 Å². The van der Waals surface area contributed by atoms with Gasteiger partial charge in [0.05, 0.1) is 22.4 Å². The van der Waals surface area contributed by atoms with Crippen molar-refractivity contribution in [1.82, 2.24) is 4.57 Å². The van der Waals surface area contributed by atoms with Crippen LogP contribution in [-0.2, 0) is 0 Å². The second kappa shape index (κ2) is 11.1. The molecule has 0 amide bonds. The van der Waals surface area contributed by atoms with Gasteiger partial charge in [-0.25, -0.2) is 0 Å². The average molecular weight is 627 g/mol. The smallest absolute Gasteiger partial charge is 0.137 e. The molecule has 0 saturated heterocycles. The summed E-state index contributed by atoms with van der Waals surface area (Å²) in [6.45, 7) is 0. The molecule has 1 atom stereocenters. The van der Waals surface area contributed by atoms with Crippen molar-refractivity contribution in [2.75, 3.05) is 0 Å². The van der Waals surface area contributed by atoms with Crippen molar-refractivity contribution in [2.45, 2.75) is 0 Å². The second-order valence-electron chi connectivity index (χ2n) is 12.7. The average Bonchev–Trinajstić information content (AvgIpc) is 3.61. The molecule has 49 heavy (non-hydrogen) atoms. The Morgan fingerprint density at radius 3 is 2.14 bits per heavy atom. The molecule has 6 aromatic carbocycles. The number of benzene rings is 6. The second-order valence-corrected chi connectivity index (χ2v) is 12.7. The van der Waals surface area contributed by atoms with Crippen LogP contribution in [0.3, 0.4) is 0 Å². The zero-order valence-electron chi connectivity index (χ0n) is 26.6. The van der Waals surface area contributed by atoms with Crippen LogP contribution in [0.2, 0.25) is 0 Å². The predicted octanol–water partition coefficient (Wildman–Crippen LogP) is 12.0. The summed E-state index contributed by atoms with van der Waals surface area (Å²) in [4.78, 5) is 5.26. The van der Waals surface area contributed by atoms with Crippen LogP contribution in [0.15, 0.2) is 185 Å². The molecule has 3 heterocycles. The fraction of sp³-hybridized carbons (Fsp3) is 0.0217. The summed E-state index contributed by atoms with van der Waals surface area (Å²) in [5.74, 6) is 0.160. The van der Waals surface area contributed by atoms with Crippen LogP contribution >= 0.6 is 0 Å². The molecule has 1 aliphatic carbocycles. The highest BCUT2D eigenvalue weighted by Gasteiger charge is 2.20. The highest BCUT2D eigenvalue weighted by Crippen LogP contribution is 2.40. The first-order valence-corrected chi connectivity index (χ1v) is 16.8. The first-order chi connectivity index (χ1) is 24.3. The Bertz CT molecular complexity index is 2750. The standard InChI is InChI=1S/C46H30N2O/c1-3-13-31(14-4-1)46-36(24-22-30-12-7-9-20-41(30)47-46)34-16-11-15-32(26-34)33-23-25-42-38(27-33)39-28-40-37-19-8-10-21-44(37)49-45(40)29-43(39)48(42)35-17-5-2-6-18-35/h1-30H. The van der Waals surface area contributed by atoms with Gasteiger partial charge in [0.1, 0.15) is 11.2 Å². The van der Waals surface area contributed by atoms with Crippen molar-refractivity contribution < 1.29 is 4.42 Å². The summed E-state index contributed by atoms with van der Waals surface area (Å²) >= 11 is 0. The molecule has 0 spiro atoms. The van der Waals surface area contributed by atoms with Gasteiger partial charge >= 0.3 is 0 Å². The molecule has 10 rings (SSSR count). The van der Waals surface area contributed by atoms with Gasteiger partial charge in [-0.1, -0.05) is 121 Å². The van der Waals surface area contributed by atoms with Gasteiger partial charge in [-0.3, -0.25) is 4.99 Å². The summed E-state index contributed by atoms with van der Waals surface area (Å²) in [5.41, 5.74) is 13.0. The number of para-hydroxylation sites is 2. The lowest BCUT2D eigenvalue weighted by Crippen LogP contribution is -2.08. The maximum absolute atomic E-state index is 6.35. The number of aliphatic imine (C=N–C) groups is 1. The Morgan fingerprint density at radius 2 is 1.24 bits per heavy atom. The van der Waals surface area contributed by atoms with Crippen molar-refractivity contribution in [3.63, 3.8) is 0 Å². The monoisotopic (exact) mass is 626 g/mol. The van der Waals surface area contributed by atoms with Crippen molar-refractivity contribution in [3.05, 3.63) is 187 Å². The van der Waals surface area contributed by atoms with E-state index in [0.29, 0.717) is 0 Å². The third-order valence-corrected chi connectivity index (χ3v) is 9.84. The minimum Gasteiger partial charge on any atom is -0.456 e. The molecule has 230 valence electrons. The molecule has 3 heteroatoms. The van der Waals surface area contributed by atoms with E-state index in [-0.39, 0.29) is 5.92 Å². The Morgan fingerprint density at radius 1 is 0.490 bits per heavy atom. The van der Waals surface area contributed by atoms with Crippen LogP contribution < -0.4 is 0 Å². The van der Waals surface area contributed by atoms with Gasteiger partial charge in [-0.2, -0.15) is 0 Å². The molecule has 2 aliphatic rings. The molecule has 8 aromatic rings. The largest absolute Gasteiger partial charge is 0.456 e. The van der Waals surface area contributed by atoms with Gasteiger partial charge in [0.15, 0.2) is 0 Å². The lowest BCUT2D eigenvalue weighted by Gasteiger charge is -2.13. The number of fused-ring (bicyclic) bond motifs is 7. The number of aromatic nitrogens is 1. The quantitative estimate of drug-likeness (QED) is 0.191. The molecule has 1 aliphatic heterocycles. The van der Waals surface area contributed by atoms with Gasteiger partial charge in [0.2, 0.25) is 0 Å². The Balaban J connectivity index is 1.18. The Kier molecular flexibility index (Phi) is 6.25. The van der Waals surface area contributed by atoms with E-state index in [4.69, 9.17) is 9.41 Å². The maximum atomic E-state index is 6.35. The SMILES string of the molecule is C1=CC2=NC(c3ccccc3)=C(c3cccc(-c4ccc5c(c4)c4cc6c(cc4n5-c4ccccc4)oc4ccccc46)c3)C=CC2C=C1. The number of hydrogen-bond acceptors (Lipinski definition) is 2. The molecular weight excluding hydrogens is 597 g/mol. The molecule has 0 fully saturated rings. The van der Waals surface area contributed by atoms with Crippen LogP contribution in [0, 0.1) is 5.92 Å². The lowest BCUT2D eigenvalue weighted by molar-refractivity contribution is 0.669. The third-order valence-electron chi connectivity index (χ3n) is 9.84. The van der Waals surface area contributed by atoms with Crippen molar-refractivity contribution in [3.8, 4) is 16.8 Å². The first-order valence-electron chi connectivity index (χ1n) is 16.8. The minimum absolute atomic E-state index is 0.160. The summed E-state index contributed by atoms with van der Waals surface area (Å²) < 4.78 is 8.71. The van der Waals surface area contributed by atoms with Gasteiger partial charge in [-0.15, -0.1) is 0 Å². The number of allylic oxidation sites excluding steroid dienone is 7. The lowest BCUT2D eigenvalue weighted by atomic mass is 9.94. The van der Waals surface area contributed by atoms with E-state index in [9.17, 15) is 0 Å². The fourth-order valence-electron chi connectivity index (χ4n) is 7.48. The van der Waals surface area contributed by atoms with E-state index >= 15 is 0 Å². The van der Waals surface area contributed by atoms with E-state index in [1.807, 2.05) is 12.1 Å².